The number of rotatable bonds is 2. The van der Waals surface area contributed by atoms with Gasteiger partial charge in [-0.25, -0.2) is 4.39 Å². The van der Waals surface area contributed by atoms with Crippen molar-refractivity contribution < 1.29 is 17.6 Å². The van der Waals surface area contributed by atoms with Crippen LogP contribution in [0.15, 0.2) is 83.0 Å². The zero-order chi connectivity index (χ0) is 18.9. The van der Waals surface area contributed by atoms with Gasteiger partial charge in [0.15, 0.2) is 0 Å². The smallest absolute Gasteiger partial charge is 0.206 e. The molecule has 0 bridgehead atoms. The molecule has 1 saturated carbocycles. The third kappa shape index (κ3) is 3.44. The number of nitrogens with zero attached hydrogens (tertiary/aromatic N) is 1. The molecule has 0 radical (unpaired) electrons. The Bertz CT molecular complexity index is 914. The first kappa shape index (κ1) is 18.4. The molecule has 0 heterocycles. The maximum Gasteiger partial charge on any atom is 0.426 e. The Kier molecular flexibility index (Phi) is 5.01. The van der Waals surface area contributed by atoms with Crippen molar-refractivity contribution in [3.05, 3.63) is 94.1 Å². The van der Waals surface area contributed by atoms with Crippen LogP contribution in [-0.2, 0) is 0 Å². The molecule has 0 aromatic heterocycles. The van der Waals surface area contributed by atoms with E-state index >= 15 is 0 Å². The molecule has 26 heavy (non-hydrogen) atoms. The molecule has 0 aliphatic heterocycles. The molecule has 1 nitrogen and oxygen atoms in total. The van der Waals surface area contributed by atoms with Gasteiger partial charge in [-0.3, -0.25) is 0 Å². The van der Waals surface area contributed by atoms with Crippen molar-refractivity contribution in [2.24, 2.45) is 0 Å². The van der Waals surface area contributed by atoms with Gasteiger partial charge in [0.25, 0.3) is 0 Å². The highest BCUT2D eigenvalue weighted by Gasteiger charge is 2.48. The number of nitriles is 1. The average Bonchev–Trinajstić information content (AvgIpc) is 3.36. The van der Waals surface area contributed by atoms with Gasteiger partial charge in [0.05, 0.1) is 0 Å². The first-order chi connectivity index (χ1) is 12.4. The highest BCUT2D eigenvalue weighted by molar-refractivity contribution is 14.1. The molecule has 2 aromatic rings. The minimum Gasteiger partial charge on any atom is -0.206 e. The van der Waals surface area contributed by atoms with Crippen LogP contribution in [-0.4, -0.2) is 6.18 Å². The number of alkyl halides is 3. The van der Waals surface area contributed by atoms with Crippen molar-refractivity contribution in [3.8, 4) is 6.07 Å². The van der Waals surface area contributed by atoms with E-state index in [1.54, 1.807) is 48.5 Å². The molecule has 0 saturated heterocycles. The van der Waals surface area contributed by atoms with Crippen LogP contribution in [0.25, 0.3) is 9.41 Å². The maximum absolute atomic E-state index is 14.9. The van der Waals surface area contributed by atoms with E-state index in [1.165, 1.54) is 18.2 Å². The zero-order valence-corrected chi connectivity index (χ0v) is 15.3. The number of halogens is 5. The second-order valence-electron chi connectivity index (χ2n) is 5.47. The van der Waals surface area contributed by atoms with Gasteiger partial charge < -0.3 is 0 Å². The van der Waals surface area contributed by atoms with E-state index in [0.717, 1.165) is 0 Å². The highest BCUT2D eigenvalue weighted by Crippen LogP contribution is 2.57. The SMILES string of the molecule is N#C/C(=C1/C(=C(I)c2ccccc2)/C1=C(/F)c1ccccc1)C(F)(F)F. The lowest BCUT2D eigenvalue weighted by atomic mass is 10.1. The van der Waals surface area contributed by atoms with E-state index in [9.17, 15) is 17.6 Å². The van der Waals surface area contributed by atoms with Gasteiger partial charge in [0.2, 0.25) is 0 Å². The van der Waals surface area contributed by atoms with Crippen LogP contribution < -0.4 is 0 Å². The summed E-state index contributed by atoms with van der Waals surface area (Å²) >= 11 is 1.89. The molecule has 1 fully saturated rings. The molecule has 2 aromatic carbocycles. The van der Waals surface area contributed by atoms with Crippen molar-refractivity contribution >= 4 is 32.0 Å². The molecule has 0 amide bonds. The largest absolute Gasteiger partial charge is 0.426 e. The fourth-order valence-corrected chi connectivity index (χ4v) is 3.49. The maximum atomic E-state index is 14.9. The lowest BCUT2D eigenvalue weighted by Crippen LogP contribution is -2.10. The van der Waals surface area contributed by atoms with Gasteiger partial charge in [-0.1, -0.05) is 60.7 Å². The summed E-state index contributed by atoms with van der Waals surface area (Å²) in [5.74, 6) is -0.766. The number of allylic oxidation sites excluding steroid dienone is 4. The Morgan fingerprint density at radius 2 is 1.31 bits per heavy atom. The summed E-state index contributed by atoms with van der Waals surface area (Å²) in [6, 6.07) is 17.7. The standard InChI is InChI=1S/C20H10F4IN/c21-18(12-7-3-1-4-8-12)16-15(14(11-26)20(22,23)24)17(16)19(25)13-9-5-2-6-10-13/h1-10H/b15-14-,18-16+,19-17?. The van der Waals surface area contributed by atoms with E-state index in [1.807, 2.05) is 22.6 Å². The topological polar surface area (TPSA) is 23.8 Å². The van der Waals surface area contributed by atoms with Gasteiger partial charge in [-0.05, 0) is 28.2 Å². The molecule has 6 heteroatoms. The normalized spacial score (nSPS) is 19.5. The minimum absolute atomic E-state index is 0.132. The van der Waals surface area contributed by atoms with Crippen LogP contribution in [0.1, 0.15) is 11.1 Å². The van der Waals surface area contributed by atoms with Crippen molar-refractivity contribution in [1.82, 2.24) is 0 Å². The van der Waals surface area contributed by atoms with Crippen LogP contribution in [0.5, 0.6) is 0 Å². The summed E-state index contributed by atoms with van der Waals surface area (Å²) in [4.78, 5) is 0. The summed E-state index contributed by atoms with van der Waals surface area (Å²) in [7, 11) is 0. The molecule has 1 aliphatic carbocycles. The van der Waals surface area contributed by atoms with E-state index in [4.69, 9.17) is 5.26 Å². The third-order valence-corrected chi connectivity index (χ3v) is 4.99. The van der Waals surface area contributed by atoms with E-state index in [0.29, 0.717) is 9.14 Å². The molecular weight excluding hydrogens is 457 g/mol. The number of benzene rings is 2. The number of hydrogen-bond acceptors (Lipinski definition) is 1. The Morgan fingerprint density at radius 3 is 1.77 bits per heavy atom. The highest BCUT2D eigenvalue weighted by atomic mass is 127. The Balaban J connectivity index is 2.29. The molecule has 0 atom stereocenters. The first-order valence-corrected chi connectivity index (χ1v) is 8.57. The molecule has 0 unspecified atom stereocenters. The van der Waals surface area contributed by atoms with Crippen molar-refractivity contribution in [1.29, 1.82) is 5.26 Å². The van der Waals surface area contributed by atoms with Gasteiger partial charge in [0.1, 0.15) is 17.5 Å². The fourth-order valence-electron chi connectivity index (χ4n) is 2.60. The van der Waals surface area contributed by atoms with Crippen molar-refractivity contribution in [3.63, 3.8) is 0 Å². The van der Waals surface area contributed by atoms with E-state index in [-0.39, 0.29) is 22.3 Å². The minimum atomic E-state index is -4.85. The third-order valence-electron chi connectivity index (χ3n) is 3.83. The molecule has 1 aliphatic rings. The summed E-state index contributed by atoms with van der Waals surface area (Å²) in [5.41, 5.74) is -0.929. The average molecular weight is 467 g/mol. The monoisotopic (exact) mass is 467 g/mol. The lowest BCUT2D eigenvalue weighted by molar-refractivity contribution is -0.0875. The van der Waals surface area contributed by atoms with Gasteiger partial charge >= 0.3 is 6.18 Å². The van der Waals surface area contributed by atoms with Crippen LogP contribution >= 0.6 is 22.6 Å². The van der Waals surface area contributed by atoms with E-state index < -0.39 is 17.6 Å². The molecule has 130 valence electrons. The van der Waals surface area contributed by atoms with E-state index in [2.05, 4.69) is 0 Å². The van der Waals surface area contributed by atoms with Crippen LogP contribution in [0.2, 0.25) is 0 Å². The molecule has 0 spiro atoms. The second-order valence-corrected chi connectivity index (χ2v) is 6.55. The predicted molar refractivity (Wildman–Crippen MR) is 101 cm³/mol. The Morgan fingerprint density at radius 1 is 0.808 bits per heavy atom. The predicted octanol–water partition coefficient (Wildman–Crippen LogP) is 6.61. The van der Waals surface area contributed by atoms with Crippen molar-refractivity contribution in [2.45, 2.75) is 6.18 Å². The zero-order valence-electron chi connectivity index (χ0n) is 13.1. The Hall–Kier alpha value is -2.40. The van der Waals surface area contributed by atoms with Gasteiger partial charge in [-0.2, -0.15) is 18.4 Å². The van der Waals surface area contributed by atoms with Crippen LogP contribution in [0.3, 0.4) is 0 Å². The van der Waals surface area contributed by atoms with Crippen LogP contribution in [0, 0.1) is 11.3 Å². The second kappa shape index (κ2) is 7.08. The van der Waals surface area contributed by atoms with Crippen molar-refractivity contribution in [2.75, 3.05) is 0 Å². The quantitative estimate of drug-likeness (QED) is 0.277. The molecule has 3 rings (SSSR count). The Labute approximate surface area is 161 Å². The summed E-state index contributed by atoms with van der Waals surface area (Å²) in [5, 5.41) is 9.01. The lowest BCUT2D eigenvalue weighted by Gasteiger charge is -2.02. The first-order valence-electron chi connectivity index (χ1n) is 7.49. The summed E-state index contributed by atoms with van der Waals surface area (Å²) in [6.45, 7) is 0. The number of hydrogen-bond donors (Lipinski definition) is 0. The van der Waals surface area contributed by atoms with Gasteiger partial charge in [0, 0.05) is 25.9 Å². The summed E-state index contributed by atoms with van der Waals surface area (Å²) in [6.07, 6.45) is -4.85. The molecular formula is C20H10F4IN. The summed E-state index contributed by atoms with van der Waals surface area (Å²) < 4.78 is 55.1. The molecule has 0 N–H and O–H groups in total. The van der Waals surface area contributed by atoms with Gasteiger partial charge in [-0.15, -0.1) is 0 Å². The van der Waals surface area contributed by atoms with Crippen LogP contribution in [0.4, 0.5) is 17.6 Å². The fraction of sp³-hybridized carbons (Fsp3) is 0.0500.